The Hall–Kier alpha value is -3.55. The van der Waals surface area contributed by atoms with Crippen LogP contribution >= 0.6 is 0 Å². The summed E-state index contributed by atoms with van der Waals surface area (Å²) in [6.45, 7) is 2.34. The van der Waals surface area contributed by atoms with Gasteiger partial charge in [0.05, 0.1) is 7.11 Å². The van der Waals surface area contributed by atoms with Crippen molar-refractivity contribution in [1.29, 1.82) is 0 Å². The van der Waals surface area contributed by atoms with Crippen molar-refractivity contribution in [2.75, 3.05) is 13.7 Å². The number of rotatable bonds is 8. The van der Waals surface area contributed by atoms with Gasteiger partial charge < -0.3 is 20.1 Å². The van der Waals surface area contributed by atoms with Gasteiger partial charge in [0.1, 0.15) is 18.7 Å². The maximum absolute atomic E-state index is 13.0. The van der Waals surface area contributed by atoms with Crippen LogP contribution in [-0.4, -0.2) is 41.9 Å². The molecule has 180 valence electrons. The lowest BCUT2D eigenvalue weighted by molar-refractivity contribution is -0.137. The molecule has 0 radical (unpaired) electrons. The van der Waals surface area contributed by atoms with Crippen LogP contribution in [-0.2, 0) is 22.7 Å². The summed E-state index contributed by atoms with van der Waals surface area (Å²) in [4.78, 5) is 39.1. The van der Waals surface area contributed by atoms with Crippen molar-refractivity contribution in [2.45, 2.75) is 51.3 Å². The number of ether oxygens (including phenoxy) is 2. The molecule has 2 N–H and O–H groups in total. The molecule has 2 fully saturated rings. The highest BCUT2D eigenvalue weighted by Gasteiger charge is 2.55. The fraction of sp³-hybridized carbons (Fsp3) is 0.423. The van der Waals surface area contributed by atoms with Gasteiger partial charge in [-0.2, -0.15) is 0 Å². The van der Waals surface area contributed by atoms with Crippen molar-refractivity contribution in [2.24, 2.45) is 5.92 Å². The minimum absolute atomic E-state index is 0.0563. The van der Waals surface area contributed by atoms with Crippen LogP contribution in [0.2, 0.25) is 0 Å². The molecule has 1 spiro atoms. The van der Waals surface area contributed by atoms with E-state index in [1.807, 2.05) is 43.3 Å². The largest absolute Gasteiger partial charge is 0.493 e. The lowest BCUT2D eigenvalue weighted by Crippen LogP contribution is -2.54. The molecule has 34 heavy (non-hydrogen) atoms. The van der Waals surface area contributed by atoms with Gasteiger partial charge in [-0.15, -0.1) is 0 Å². The molecular weight excluding hydrogens is 434 g/mol. The molecule has 2 aliphatic rings. The van der Waals surface area contributed by atoms with Crippen LogP contribution in [0.3, 0.4) is 0 Å². The lowest BCUT2D eigenvalue weighted by atomic mass is 9.73. The molecule has 8 nitrogen and oxygen atoms in total. The molecule has 2 aromatic carbocycles. The van der Waals surface area contributed by atoms with E-state index in [1.165, 1.54) is 0 Å². The maximum Gasteiger partial charge on any atom is 0.325 e. The number of nitrogens with one attached hydrogen (secondary N) is 2. The summed E-state index contributed by atoms with van der Waals surface area (Å²) in [5, 5.41) is 5.66. The first kappa shape index (κ1) is 23.6. The second-order valence-corrected chi connectivity index (χ2v) is 8.98. The van der Waals surface area contributed by atoms with Crippen molar-refractivity contribution < 1.29 is 23.9 Å². The Kier molecular flexibility index (Phi) is 7.05. The quantitative estimate of drug-likeness (QED) is 0.583. The predicted molar refractivity (Wildman–Crippen MR) is 126 cm³/mol. The summed E-state index contributed by atoms with van der Waals surface area (Å²) in [5.41, 5.74) is 0.996. The number of amides is 4. The van der Waals surface area contributed by atoms with Crippen molar-refractivity contribution in [1.82, 2.24) is 15.5 Å². The van der Waals surface area contributed by atoms with Gasteiger partial charge in [-0.1, -0.05) is 56.2 Å². The van der Waals surface area contributed by atoms with E-state index < -0.39 is 17.5 Å². The van der Waals surface area contributed by atoms with Gasteiger partial charge >= 0.3 is 6.03 Å². The van der Waals surface area contributed by atoms with Crippen LogP contribution in [0.15, 0.2) is 48.5 Å². The van der Waals surface area contributed by atoms with Crippen LogP contribution in [0.25, 0.3) is 0 Å². The van der Waals surface area contributed by atoms with Crippen LogP contribution in [0.1, 0.15) is 43.7 Å². The molecule has 1 heterocycles. The van der Waals surface area contributed by atoms with E-state index in [9.17, 15) is 14.4 Å². The Bertz CT molecular complexity index is 1060. The van der Waals surface area contributed by atoms with E-state index in [1.54, 1.807) is 19.2 Å². The van der Waals surface area contributed by atoms with Crippen LogP contribution in [0, 0.1) is 5.92 Å². The monoisotopic (exact) mass is 465 g/mol. The first-order valence-corrected chi connectivity index (χ1v) is 11.7. The van der Waals surface area contributed by atoms with Crippen molar-refractivity contribution in [3.63, 3.8) is 0 Å². The SMILES string of the molecule is COc1cc(CNC(=O)CN2C(=O)N[C@]3(CCCC[C@H]3C)C2=O)ccc1OCc1ccccc1. The molecule has 4 rings (SSSR count). The summed E-state index contributed by atoms with van der Waals surface area (Å²) in [6.07, 6.45) is 3.45. The van der Waals surface area contributed by atoms with E-state index in [0.717, 1.165) is 35.3 Å². The third-order valence-electron chi connectivity index (χ3n) is 6.76. The molecule has 0 aromatic heterocycles. The average molecular weight is 466 g/mol. The normalized spacial score (nSPS) is 21.9. The highest BCUT2D eigenvalue weighted by Crippen LogP contribution is 2.38. The van der Waals surface area contributed by atoms with Gasteiger partial charge in [0, 0.05) is 6.54 Å². The first-order valence-electron chi connectivity index (χ1n) is 11.7. The highest BCUT2D eigenvalue weighted by atomic mass is 16.5. The number of benzene rings is 2. The number of urea groups is 1. The number of imide groups is 1. The number of hydrogen-bond acceptors (Lipinski definition) is 5. The van der Waals surface area contributed by atoms with Crippen LogP contribution < -0.4 is 20.1 Å². The van der Waals surface area contributed by atoms with Gasteiger partial charge in [-0.05, 0) is 42.0 Å². The minimum atomic E-state index is -0.863. The van der Waals surface area contributed by atoms with E-state index in [2.05, 4.69) is 10.6 Å². The summed E-state index contributed by atoms with van der Waals surface area (Å²) in [6, 6.07) is 14.8. The van der Waals surface area contributed by atoms with E-state index in [0.29, 0.717) is 24.5 Å². The van der Waals surface area contributed by atoms with Gasteiger partial charge in [-0.25, -0.2) is 4.79 Å². The molecule has 1 aliphatic heterocycles. The maximum atomic E-state index is 13.0. The van der Waals surface area contributed by atoms with Gasteiger partial charge in [0.25, 0.3) is 5.91 Å². The Morgan fingerprint density at radius 1 is 1.12 bits per heavy atom. The van der Waals surface area contributed by atoms with Gasteiger partial charge in [-0.3, -0.25) is 14.5 Å². The zero-order chi connectivity index (χ0) is 24.1. The zero-order valence-corrected chi connectivity index (χ0v) is 19.6. The summed E-state index contributed by atoms with van der Waals surface area (Å²) >= 11 is 0. The number of carbonyl (C=O) groups excluding carboxylic acids is 3. The van der Waals surface area contributed by atoms with Crippen molar-refractivity contribution in [3.8, 4) is 11.5 Å². The number of hydrogen-bond donors (Lipinski definition) is 2. The Balaban J connectivity index is 1.33. The molecule has 2 atom stereocenters. The molecule has 1 saturated heterocycles. The molecule has 2 aromatic rings. The standard InChI is InChI=1S/C26H31N3O5/c1-18-8-6-7-13-26(18)24(31)29(25(32)28-26)16-23(30)27-15-20-11-12-21(22(14-20)33-2)34-17-19-9-4-3-5-10-19/h3-5,9-12,14,18H,6-8,13,15-17H2,1-2H3,(H,27,30)(H,28,32)/t18-,26+/m1/s1. The van der Waals surface area contributed by atoms with Gasteiger partial charge in [0.2, 0.25) is 5.91 Å². The van der Waals surface area contributed by atoms with Crippen molar-refractivity contribution in [3.05, 3.63) is 59.7 Å². The minimum Gasteiger partial charge on any atom is -0.493 e. The fourth-order valence-electron chi connectivity index (χ4n) is 4.72. The molecule has 4 amide bonds. The topological polar surface area (TPSA) is 97.0 Å². The molecule has 8 heteroatoms. The highest BCUT2D eigenvalue weighted by molar-refractivity contribution is 6.09. The number of methoxy groups -OCH3 is 1. The molecular formula is C26H31N3O5. The van der Waals surface area contributed by atoms with Gasteiger partial charge in [0.15, 0.2) is 11.5 Å². The number of carbonyl (C=O) groups is 3. The smallest absolute Gasteiger partial charge is 0.325 e. The summed E-state index contributed by atoms with van der Waals surface area (Å²) in [5.74, 6) is 0.535. The lowest BCUT2D eigenvalue weighted by Gasteiger charge is -2.36. The predicted octanol–water partition coefficient (Wildman–Crippen LogP) is 3.39. The Morgan fingerprint density at radius 3 is 2.65 bits per heavy atom. The van der Waals surface area contributed by atoms with E-state index in [4.69, 9.17) is 9.47 Å². The second kappa shape index (κ2) is 10.2. The third kappa shape index (κ3) is 4.85. The molecule has 0 bridgehead atoms. The zero-order valence-electron chi connectivity index (χ0n) is 19.6. The second-order valence-electron chi connectivity index (χ2n) is 8.98. The van der Waals surface area contributed by atoms with E-state index >= 15 is 0 Å². The van der Waals surface area contributed by atoms with Crippen LogP contribution in [0.4, 0.5) is 4.79 Å². The van der Waals surface area contributed by atoms with Crippen LogP contribution in [0.5, 0.6) is 11.5 Å². The Morgan fingerprint density at radius 2 is 1.91 bits per heavy atom. The van der Waals surface area contributed by atoms with Crippen molar-refractivity contribution >= 4 is 17.8 Å². The summed E-state index contributed by atoms with van der Waals surface area (Å²) in [7, 11) is 1.56. The first-order chi connectivity index (χ1) is 16.4. The molecule has 1 aliphatic carbocycles. The Labute approximate surface area is 199 Å². The average Bonchev–Trinajstić information content (AvgIpc) is 3.09. The molecule has 1 saturated carbocycles. The molecule has 0 unspecified atom stereocenters. The number of nitrogens with zero attached hydrogens (tertiary/aromatic N) is 1. The fourth-order valence-corrected chi connectivity index (χ4v) is 4.72. The van der Waals surface area contributed by atoms with E-state index in [-0.39, 0.29) is 24.9 Å². The summed E-state index contributed by atoms with van der Waals surface area (Å²) < 4.78 is 11.3. The third-order valence-corrected chi connectivity index (χ3v) is 6.76.